The number of hydrogen-bond acceptors (Lipinski definition) is 3. The molecule has 0 spiro atoms. The van der Waals surface area contributed by atoms with E-state index in [0.717, 1.165) is 17.6 Å². The molecule has 1 aliphatic carbocycles. The van der Waals surface area contributed by atoms with Crippen LogP contribution in [0, 0.1) is 0 Å². The van der Waals surface area contributed by atoms with Crippen molar-refractivity contribution in [2.45, 2.75) is 71.0 Å². The zero-order chi connectivity index (χ0) is 14.5. The van der Waals surface area contributed by atoms with Crippen molar-refractivity contribution in [2.24, 2.45) is 0 Å². The second kappa shape index (κ2) is 4.57. The molecule has 1 aliphatic heterocycles. The molecule has 3 rings (SSSR count). The first-order valence-corrected chi connectivity index (χ1v) is 7.68. The summed E-state index contributed by atoms with van der Waals surface area (Å²) in [6.45, 7) is 10.5. The second-order valence-corrected chi connectivity index (χ2v) is 7.02. The summed E-state index contributed by atoms with van der Waals surface area (Å²) >= 11 is 0. The van der Waals surface area contributed by atoms with Gasteiger partial charge >= 0.3 is 7.12 Å². The summed E-state index contributed by atoms with van der Waals surface area (Å²) < 4.78 is 12.4. The molecule has 3 nitrogen and oxygen atoms in total. The van der Waals surface area contributed by atoms with Crippen LogP contribution in [0.15, 0.2) is 12.3 Å². The van der Waals surface area contributed by atoms with Crippen LogP contribution in [-0.4, -0.2) is 23.3 Å². The maximum absolute atomic E-state index is 6.19. The van der Waals surface area contributed by atoms with Crippen LogP contribution in [0.1, 0.15) is 64.6 Å². The molecule has 0 aromatic carbocycles. The highest BCUT2D eigenvalue weighted by Gasteiger charge is 2.52. The summed E-state index contributed by atoms with van der Waals surface area (Å²) in [5.41, 5.74) is 2.96. The average molecular weight is 273 g/mol. The standard InChI is InChI=1S/C16H24BNO2/c1-6-14-13(9-12(10-18-14)11-7-8-11)17-19-15(2,3)16(4,5)20-17/h9-11H,6-8H2,1-5H3. The van der Waals surface area contributed by atoms with E-state index in [9.17, 15) is 0 Å². The minimum Gasteiger partial charge on any atom is -0.399 e. The van der Waals surface area contributed by atoms with Crippen molar-refractivity contribution in [1.82, 2.24) is 4.98 Å². The Labute approximate surface area is 122 Å². The van der Waals surface area contributed by atoms with E-state index < -0.39 is 0 Å². The zero-order valence-electron chi connectivity index (χ0n) is 13.2. The van der Waals surface area contributed by atoms with E-state index in [4.69, 9.17) is 9.31 Å². The van der Waals surface area contributed by atoms with Crippen molar-refractivity contribution in [3.63, 3.8) is 0 Å². The van der Waals surface area contributed by atoms with E-state index in [-0.39, 0.29) is 18.3 Å². The summed E-state index contributed by atoms with van der Waals surface area (Å²) in [6.07, 6.45) is 5.52. The maximum Gasteiger partial charge on any atom is 0.496 e. The van der Waals surface area contributed by atoms with Crippen molar-refractivity contribution in [1.29, 1.82) is 0 Å². The van der Waals surface area contributed by atoms with Crippen molar-refractivity contribution in [2.75, 3.05) is 0 Å². The third-order valence-corrected chi connectivity index (χ3v) is 4.92. The van der Waals surface area contributed by atoms with Gasteiger partial charge in [0.25, 0.3) is 0 Å². The van der Waals surface area contributed by atoms with Gasteiger partial charge in [0, 0.05) is 17.4 Å². The van der Waals surface area contributed by atoms with Crippen LogP contribution in [0.2, 0.25) is 0 Å². The first-order chi connectivity index (χ1) is 9.34. The van der Waals surface area contributed by atoms with Crippen LogP contribution in [0.5, 0.6) is 0 Å². The number of aromatic nitrogens is 1. The van der Waals surface area contributed by atoms with Crippen LogP contribution >= 0.6 is 0 Å². The quantitative estimate of drug-likeness (QED) is 0.793. The second-order valence-electron chi connectivity index (χ2n) is 7.02. The minimum atomic E-state index is -0.293. The van der Waals surface area contributed by atoms with Gasteiger partial charge in [0.15, 0.2) is 0 Å². The van der Waals surface area contributed by atoms with E-state index >= 15 is 0 Å². The van der Waals surface area contributed by atoms with Crippen molar-refractivity contribution in [3.05, 3.63) is 23.5 Å². The highest BCUT2D eigenvalue weighted by atomic mass is 16.7. The maximum atomic E-state index is 6.19. The molecule has 20 heavy (non-hydrogen) atoms. The van der Waals surface area contributed by atoms with Crippen molar-refractivity contribution >= 4 is 12.6 Å². The number of hydrogen-bond donors (Lipinski definition) is 0. The molecule has 0 atom stereocenters. The van der Waals surface area contributed by atoms with Crippen molar-refractivity contribution < 1.29 is 9.31 Å². The fourth-order valence-corrected chi connectivity index (χ4v) is 2.64. The van der Waals surface area contributed by atoms with Gasteiger partial charge < -0.3 is 9.31 Å². The molecule has 0 bridgehead atoms. The van der Waals surface area contributed by atoms with Gasteiger partial charge in [0.05, 0.1) is 11.2 Å². The lowest BCUT2D eigenvalue weighted by Gasteiger charge is -2.32. The largest absolute Gasteiger partial charge is 0.496 e. The molecule has 2 aliphatic rings. The fourth-order valence-electron chi connectivity index (χ4n) is 2.64. The first-order valence-electron chi connectivity index (χ1n) is 7.68. The summed E-state index contributed by atoms with van der Waals surface area (Å²) in [7, 11) is -0.291. The number of rotatable bonds is 3. The molecule has 108 valence electrons. The summed E-state index contributed by atoms with van der Waals surface area (Å²) in [4.78, 5) is 4.64. The average Bonchev–Trinajstić information content (AvgIpc) is 3.17. The smallest absolute Gasteiger partial charge is 0.399 e. The van der Waals surface area contributed by atoms with Crippen molar-refractivity contribution in [3.8, 4) is 0 Å². The molecular formula is C16H24BNO2. The minimum absolute atomic E-state index is 0.291. The third kappa shape index (κ3) is 2.29. The summed E-state index contributed by atoms with van der Waals surface area (Å²) in [5.74, 6) is 0.703. The molecule has 0 N–H and O–H groups in total. The van der Waals surface area contributed by atoms with Crippen LogP contribution in [0.4, 0.5) is 0 Å². The Morgan fingerprint density at radius 2 is 1.80 bits per heavy atom. The topological polar surface area (TPSA) is 31.4 Å². The molecule has 2 fully saturated rings. The van der Waals surface area contributed by atoms with Gasteiger partial charge in [0.2, 0.25) is 0 Å². The molecule has 1 saturated heterocycles. The van der Waals surface area contributed by atoms with Gasteiger partial charge in [-0.1, -0.05) is 13.0 Å². The Balaban J connectivity index is 1.95. The first kappa shape index (κ1) is 14.1. The van der Waals surface area contributed by atoms with Crippen LogP contribution in [0.25, 0.3) is 0 Å². The molecule has 1 saturated carbocycles. The van der Waals surface area contributed by atoms with E-state index in [1.165, 1.54) is 18.4 Å². The predicted octanol–water partition coefficient (Wildman–Crippen LogP) is 2.82. The van der Waals surface area contributed by atoms with Crippen LogP contribution in [-0.2, 0) is 15.7 Å². The number of nitrogens with zero attached hydrogens (tertiary/aromatic N) is 1. The van der Waals surface area contributed by atoms with Gasteiger partial charge in [-0.3, -0.25) is 4.98 Å². The lowest BCUT2D eigenvalue weighted by molar-refractivity contribution is 0.00578. The number of aryl methyl sites for hydroxylation is 1. The van der Waals surface area contributed by atoms with Gasteiger partial charge in [-0.2, -0.15) is 0 Å². The summed E-state index contributed by atoms with van der Waals surface area (Å²) in [6, 6.07) is 2.26. The molecule has 2 heterocycles. The summed E-state index contributed by atoms with van der Waals surface area (Å²) in [5, 5.41) is 0. The van der Waals surface area contributed by atoms with Gasteiger partial charge in [-0.05, 0) is 58.4 Å². The molecule has 1 aromatic rings. The zero-order valence-corrected chi connectivity index (χ0v) is 13.2. The predicted molar refractivity (Wildman–Crippen MR) is 81.3 cm³/mol. The normalized spacial score (nSPS) is 24.1. The molecular weight excluding hydrogens is 249 g/mol. The molecule has 0 radical (unpaired) electrons. The van der Waals surface area contributed by atoms with Crippen LogP contribution in [0.3, 0.4) is 0 Å². The van der Waals surface area contributed by atoms with E-state index in [1.54, 1.807) is 0 Å². The fraction of sp³-hybridized carbons (Fsp3) is 0.688. The number of pyridine rings is 1. The monoisotopic (exact) mass is 273 g/mol. The SMILES string of the molecule is CCc1ncc(C2CC2)cc1B1OC(C)(C)C(C)(C)O1. The van der Waals surface area contributed by atoms with E-state index in [0.29, 0.717) is 5.92 Å². The lowest BCUT2D eigenvalue weighted by Crippen LogP contribution is -2.41. The third-order valence-electron chi connectivity index (χ3n) is 4.92. The highest BCUT2D eigenvalue weighted by molar-refractivity contribution is 6.62. The Morgan fingerprint density at radius 1 is 1.20 bits per heavy atom. The van der Waals surface area contributed by atoms with E-state index in [1.807, 2.05) is 6.20 Å². The highest BCUT2D eigenvalue weighted by Crippen LogP contribution is 2.40. The van der Waals surface area contributed by atoms with Gasteiger partial charge in [0.1, 0.15) is 0 Å². The Bertz CT molecular complexity index is 507. The molecule has 1 aromatic heterocycles. The van der Waals surface area contributed by atoms with E-state index in [2.05, 4.69) is 45.7 Å². The Morgan fingerprint density at radius 3 is 2.30 bits per heavy atom. The molecule has 4 heteroatoms. The lowest BCUT2D eigenvalue weighted by atomic mass is 9.76. The van der Waals surface area contributed by atoms with Gasteiger partial charge in [-0.15, -0.1) is 0 Å². The molecule has 0 amide bonds. The Hall–Kier alpha value is -0.865. The van der Waals surface area contributed by atoms with Gasteiger partial charge in [-0.25, -0.2) is 0 Å². The molecule has 0 unspecified atom stereocenters. The van der Waals surface area contributed by atoms with Crippen LogP contribution < -0.4 is 5.46 Å². The Kier molecular flexibility index (Phi) is 3.22.